The molecule has 4 N–H and O–H groups in total. The molecule has 34 heavy (non-hydrogen) atoms. The van der Waals surface area contributed by atoms with Crippen LogP contribution in [0.4, 0.5) is 5.69 Å². The predicted octanol–water partition coefficient (Wildman–Crippen LogP) is 1.93. The molecule has 0 radical (unpaired) electrons. The first-order chi connectivity index (χ1) is 16.4. The summed E-state index contributed by atoms with van der Waals surface area (Å²) in [5.74, 6) is 0.134. The Morgan fingerprint density at radius 2 is 1.53 bits per heavy atom. The van der Waals surface area contributed by atoms with E-state index >= 15 is 0 Å². The van der Waals surface area contributed by atoms with E-state index in [0.717, 1.165) is 42.6 Å². The minimum atomic E-state index is -0.937. The number of hydrogen-bond acceptors (Lipinski definition) is 6. The molecule has 5 rings (SSSR count). The van der Waals surface area contributed by atoms with Crippen LogP contribution in [0.25, 0.3) is 17.2 Å². The number of likely N-dealkylation sites (tertiary alicyclic amines) is 2. The lowest BCUT2D eigenvalue weighted by atomic mass is 10.00. The van der Waals surface area contributed by atoms with Gasteiger partial charge in [0.15, 0.2) is 0 Å². The van der Waals surface area contributed by atoms with E-state index in [9.17, 15) is 19.8 Å². The van der Waals surface area contributed by atoms with Gasteiger partial charge in [0.2, 0.25) is 5.91 Å². The molecule has 8 heteroatoms. The highest BCUT2D eigenvalue weighted by Crippen LogP contribution is 2.32. The number of fused-ring (bicyclic) bond motifs is 1. The van der Waals surface area contributed by atoms with Crippen LogP contribution in [0.15, 0.2) is 53.0 Å². The summed E-state index contributed by atoms with van der Waals surface area (Å²) in [7, 11) is 0. The highest BCUT2D eigenvalue weighted by atomic mass is 16.3. The van der Waals surface area contributed by atoms with E-state index in [-0.39, 0.29) is 31.3 Å². The summed E-state index contributed by atoms with van der Waals surface area (Å²) in [6, 6.07) is 13.4. The molecule has 2 aromatic carbocycles. The fourth-order valence-corrected chi connectivity index (χ4v) is 4.75. The zero-order valence-electron chi connectivity index (χ0n) is 18.9. The van der Waals surface area contributed by atoms with E-state index in [4.69, 9.17) is 5.73 Å². The van der Waals surface area contributed by atoms with E-state index in [1.54, 1.807) is 6.08 Å². The zero-order chi connectivity index (χ0) is 23.8. The van der Waals surface area contributed by atoms with Crippen molar-refractivity contribution >= 4 is 29.4 Å². The number of benzene rings is 2. The first-order valence-corrected chi connectivity index (χ1v) is 11.6. The van der Waals surface area contributed by atoms with Crippen molar-refractivity contribution in [3.05, 3.63) is 59.2 Å². The Balaban J connectivity index is 1.39. The van der Waals surface area contributed by atoms with Gasteiger partial charge < -0.3 is 25.7 Å². The average Bonchev–Trinajstić information content (AvgIpc) is 3.45. The molecule has 2 fully saturated rings. The number of nitrogens with two attached hydrogens (primary N) is 1. The number of aliphatic hydroxyl groups excluding tert-OH is 2. The second-order valence-electron chi connectivity index (χ2n) is 9.14. The van der Waals surface area contributed by atoms with Crippen LogP contribution in [0, 0.1) is 0 Å². The van der Waals surface area contributed by atoms with Gasteiger partial charge in [-0.1, -0.05) is 24.3 Å². The third-order valence-corrected chi connectivity index (χ3v) is 6.68. The Labute approximate surface area is 198 Å². The number of carbonyl (C=O) groups is 2. The topological polar surface area (TPSA) is 119 Å². The van der Waals surface area contributed by atoms with E-state index in [1.807, 2.05) is 47.4 Å². The Hall–Kier alpha value is -3.49. The van der Waals surface area contributed by atoms with Crippen LogP contribution in [-0.2, 0) is 4.79 Å². The number of aliphatic hydroxyl groups is 2. The lowest BCUT2D eigenvalue weighted by Crippen LogP contribution is -2.32. The van der Waals surface area contributed by atoms with Crippen molar-refractivity contribution in [2.24, 2.45) is 10.7 Å². The lowest BCUT2D eigenvalue weighted by Gasteiger charge is -2.17. The number of carbonyl (C=O) groups excluding carboxylic acids is 2. The first-order valence-electron chi connectivity index (χ1n) is 11.6. The van der Waals surface area contributed by atoms with Crippen molar-refractivity contribution in [2.75, 3.05) is 26.2 Å². The molecule has 3 aliphatic heterocycles. The Kier molecular flexibility index (Phi) is 5.93. The van der Waals surface area contributed by atoms with Crippen LogP contribution in [0.3, 0.4) is 0 Å². The molecule has 0 bridgehead atoms. The molecular formula is C26H28N4O4. The van der Waals surface area contributed by atoms with Crippen molar-refractivity contribution in [1.29, 1.82) is 0 Å². The molecule has 0 saturated carbocycles. The number of amides is 2. The van der Waals surface area contributed by atoms with Crippen molar-refractivity contribution in [3.63, 3.8) is 0 Å². The van der Waals surface area contributed by atoms with Crippen LogP contribution in [0.1, 0.15) is 35.2 Å². The van der Waals surface area contributed by atoms with Crippen molar-refractivity contribution in [2.45, 2.75) is 31.5 Å². The molecule has 2 atom stereocenters. The number of aliphatic imine (C=N–C) groups is 1. The van der Waals surface area contributed by atoms with Crippen LogP contribution >= 0.6 is 0 Å². The minimum absolute atomic E-state index is 0.0729. The maximum absolute atomic E-state index is 13.0. The van der Waals surface area contributed by atoms with Gasteiger partial charge in [-0.25, -0.2) is 4.99 Å². The van der Waals surface area contributed by atoms with E-state index < -0.39 is 12.2 Å². The van der Waals surface area contributed by atoms with Crippen LogP contribution in [-0.4, -0.2) is 76.0 Å². The monoisotopic (exact) mass is 460 g/mol. The molecule has 2 amide bonds. The number of β-amino-alcohol motifs (C(OH)–C–C–N with tert-alkyl or cyclic N) is 2. The van der Waals surface area contributed by atoms with E-state index in [0.29, 0.717) is 22.7 Å². The number of nitrogens with zero attached hydrogens (tertiary/aromatic N) is 3. The summed E-state index contributed by atoms with van der Waals surface area (Å²) in [6.07, 6.45) is 2.22. The Bertz CT molecular complexity index is 1170. The van der Waals surface area contributed by atoms with Gasteiger partial charge >= 0.3 is 0 Å². The molecule has 0 spiro atoms. The lowest BCUT2D eigenvalue weighted by molar-refractivity contribution is -0.126. The molecule has 2 saturated heterocycles. The number of amidine groups is 1. The highest BCUT2D eigenvalue weighted by Gasteiger charge is 2.34. The second-order valence-corrected chi connectivity index (χ2v) is 9.14. The molecule has 2 aromatic rings. The first kappa shape index (κ1) is 22.3. The van der Waals surface area contributed by atoms with Gasteiger partial charge in [0.05, 0.1) is 17.9 Å². The predicted molar refractivity (Wildman–Crippen MR) is 129 cm³/mol. The van der Waals surface area contributed by atoms with Gasteiger partial charge in [-0.05, 0) is 48.2 Å². The summed E-state index contributed by atoms with van der Waals surface area (Å²) in [5.41, 5.74) is 10.6. The molecule has 8 nitrogen and oxygen atoms in total. The molecule has 3 heterocycles. The fourth-order valence-electron chi connectivity index (χ4n) is 4.75. The fraction of sp³-hybridized carbons (Fsp3) is 0.346. The Morgan fingerprint density at radius 1 is 0.882 bits per heavy atom. The maximum Gasteiger partial charge on any atom is 0.253 e. The summed E-state index contributed by atoms with van der Waals surface area (Å²) >= 11 is 0. The summed E-state index contributed by atoms with van der Waals surface area (Å²) in [5, 5.41) is 19.6. The smallest absolute Gasteiger partial charge is 0.253 e. The number of hydrogen-bond donors (Lipinski definition) is 3. The molecular weight excluding hydrogens is 432 g/mol. The number of rotatable bonds is 3. The molecule has 0 aliphatic carbocycles. The molecule has 0 aromatic heterocycles. The van der Waals surface area contributed by atoms with Gasteiger partial charge in [0, 0.05) is 49.3 Å². The van der Waals surface area contributed by atoms with Crippen molar-refractivity contribution in [1.82, 2.24) is 9.80 Å². The minimum Gasteiger partial charge on any atom is -0.388 e. The second kappa shape index (κ2) is 9.04. The Morgan fingerprint density at radius 3 is 2.21 bits per heavy atom. The van der Waals surface area contributed by atoms with Gasteiger partial charge in [-0.2, -0.15) is 0 Å². The van der Waals surface area contributed by atoms with E-state index in [2.05, 4.69) is 4.99 Å². The van der Waals surface area contributed by atoms with Gasteiger partial charge in [0.1, 0.15) is 5.84 Å². The van der Waals surface area contributed by atoms with Crippen molar-refractivity contribution < 1.29 is 19.8 Å². The summed E-state index contributed by atoms with van der Waals surface area (Å²) in [4.78, 5) is 33.4. The van der Waals surface area contributed by atoms with Crippen molar-refractivity contribution in [3.8, 4) is 11.1 Å². The SMILES string of the molecule is NC1=Nc2cc(-c3ccc(C(=O)N4CCCC4)cc3)ccc2C=C(C(=O)N2CC(O)C(O)C2)C1. The van der Waals surface area contributed by atoms with Crippen LogP contribution in [0.2, 0.25) is 0 Å². The maximum atomic E-state index is 13.0. The van der Waals surface area contributed by atoms with E-state index in [1.165, 1.54) is 4.90 Å². The molecule has 176 valence electrons. The third kappa shape index (κ3) is 4.34. The zero-order valence-corrected chi connectivity index (χ0v) is 18.9. The van der Waals surface area contributed by atoms with Crippen LogP contribution < -0.4 is 5.73 Å². The van der Waals surface area contributed by atoms with Gasteiger partial charge in [-0.15, -0.1) is 0 Å². The summed E-state index contributed by atoms with van der Waals surface area (Å²) in [6.45, 7) is 1.83. The van der Waals surface area contributed by atoms with Crippen LogP contribution in [0.5, 0.6) is 0 Å². The largest absolute Gasteiger partial charge is 0.388 e. The normalized spacial score (nSPS) is 22.2. The average molecular weight is 461 g/mol. The third-order valence-electron chi connectivity index (χ3n) is 6.68. The van der Waals surface area contributed by atoms with Gasteiger partial charge in [0.25, 0.3) is 5.91 Å². The molecule has 3 aliphatic rings. The molecule has 2 unspecified atom stereocenters. The highest BCUT2D eigenvalue weighted by molar-refractivity contribution is 6.05. The standard InChI is InChI=1S/C26H28N4O4/c27-24-13-20(26(34)30-14-22(31)23(32)15-30)11-19-8-7-18(12-21(19)28-24)16-3-5-17(6-4-16)25(33)29-9-1-2-10-29/h3-8,11-12,22-23,31-32H,1-2,9-10,13-15H2,(H2,27,28). The summed E-state index contributed by atoms with van der Waals surface area (Å²) < 4.78 is 0. The quantitative estimate of drug-likeness (QED) is 0.647. The van der Waals surface area contributed by atoms with Gasteiger partial charge in [-0.3, -0.25) is 9.59 Å².